The Morgan fingerprint density at radius 1 is 1.36 bits per heavy atom. The number of hydrogen-bond acceptors (Lipinski definition) is 5. The number of aliphatic hydroxyl groups excluding tert-OH is 1. The predicted molar refractivity (Wildman–Crippen MR) is 86.0 cm³/mol. The van der Waals surface area contributed by atoms with Gasteiger partial charge in [0.2, 0.25) is 0 Å². The number of ether oxygens (including phenoxy) is 1. The Morgan fingerprint density at radius 3 is 3.00 bits per heavy atom. The average Bonchev–Trinajstić information content (AvgIpc) is 3.12. The second-order valence-electron chi connectivity index (χ2n) is 6.10. The van der Waals surface area contributed by atoms with E-state index in [4.69, 9.17) is 4.74 Å². The number of fused-ring (bicyclic) bond motifs is 1. The first kappa shape index (κ1) is 14.3. The molecular formula is C17H20N2O2S. The van der Waals surface area contributed by atoms with Crippen LogP contribution >= 0.6 is 11.3 Å². The number of hydrogen-bond donors (Lipinski definition) is 1. The van der Waals surface area contributed by atoms with Crippen LogP contribution in [0.2, 0.25) is 0 Å². The largest absolute Gasteiger partial charge is 0.387 e. The third-order valence-corrected chi connectivity index (χ3v) is 5.70. The van der Waals surface area contributed by atoms with Gasteiger partial charge in [0.15, 0.2) is 0 Å². The maximum absolute atomic E-state index is 10.7. The third kappa shape index (κ3) is 2.48. The molecule has 1 fully saturated rings. The summed E-state index contributed by atoms with van der Waals surface area (Å²) in [5.41, 5.74) is 3.41. The van der Waals surface area contributed by atoms with Crippen molar-refractivity contribution >= 4 is 11.3 Å². The Hall–Kier alpha value is -1.27. The SMILES string of the molecule is Cc1csc(C2CN(C3Cc4ccccc4C3O)CCO2)n1. The van der Waals surface area contributed by atoms with Gasteiger partial charge in [0, 0.05) is 30.2 Å². The van der Waals surface area contributed by atoms with Crippen LogP contribution in [0.3, 0.4) is 0 Å². The summed E-state index contributed by atoms with van der Waals surface area (Å²) in [5.74, 6) is 0. The average molecular weight is 316 g/mol. The number of rotatable bonds is 2. The van der Waals surface area contributed by atoms with Gasteiger partial charge in [-0.1, -0.05) is 24.3 Å². The summed E-state index contributed by atoms with van der Waals surface area (Å²) in [5, 5.41) is 13.8. The molecule has 116 valence electrons. The Labute approximate surface area is 134 Å². The van der Waals surface area contributed by atoms with Gasteiger partial charge in [0.05, 0.1) is 12.7 Å². The van der Waals surface area contributed by atoms with Gasteiger partial charge in [-0.05, 0) is 24.5 Å². The third-order valence-electron chi connectivity index (χ3n) is 4.65. The highest BCUT2D eigenvalue weighted by Gasteiger charge is 2.37. The van der Waals surface area contributed by atoms with Crippen LogP contribution in [0.15, 0.2) is 29.6 Å². The van der Waals surface area contributed by atoms with Gasteiger partial charge in [-0.25, -0.2) is 4.98 Å². The number of nitrogens with zero attached hydrogens (tertiary/aromatic N) is 2. The molecular weight excluding hydrogens is 296 g/mol. The summed E-state index contributed by atoms with van der Waals surface area (Å²) in [6.07, 6.45) is 0.553. The molecule has 0 spiro atoms. The normalized spacial score (nSPS) is 28.7. The fourth-order valence-corrected chi connectivity index (χ4v) is 4.36. The molecule has 0 amide bonds. The summed E-state index contributed by atoms with van der Waals surface area (Å²) in [4.78, 5) is 6.93. The second-order valence-corrected chi connectivity index (χ2v) is 6.99. The van der Waals surface area contributed by atoms with Gasteiger partial charge in [-0.15, -0.1) is 11.3 Å². The summed E-state index contributed by atoms with van der Waals surface area (Å²) < 4.78 is 5.90. The summed E-state index contributed by atoms with van der Waals surface area (Å²) in [6, 6.07) is 8.38. The van der Waals surface area contributed by atoms with Gasteiger partial charge in [-0.2, -0.15) is 0 Å². The van der Waals surface area contributed by atoms with E-state index in [1.807, 2.05) is 25.1 Å². The van der Waals surface area contributed by atoms with Crippen LogP contribution in [-0.4, -0.2) is 40.7 Å². The van der Waals surface area contributed by atoms with Crippen molar-refractivity contribution in [3.05, 3.63) is 51.5 Å². The molecule has 22 heavy (non-hydrogen) atoms. The van der Waals surface area contributed by atoms with E-state index in [1.54, 1.807) is 11.3 Å². The standard InChI is InChI=1S/C17H20N2O2S/c1-11-10-22-17(18-11)15-9-19(6-7-21-15)14-8-12-4-2-3-5-13(12)16(14)20/h2-5,10,14-16,20H,6-9H2,1H3. The topological polar surface area (TPSA) is 45.6 Å². The van der Waals surface area contributed by atoms with Crippen molar-refractivity contribution in [3.63, 3.8) is 0 Å². The van der Waals surface area contributed by atoms with Crippen LogP contribution in [0.5, 0.6) is 0 Å². The number of aliphatic hydroxyl groups is 1. The molecule has 4 nitrogen and oxygen atoms in total. The van der Waals surface area contributed by atoms with Gasteiger partial charge in [0.25, 0.3) is 0 Å². The highest BCUT2D eigenvalue weighted by molar-refractivity contribution is 7.09. The molecule has 1 aromatic carbocycles. The molecule has 4 rings (SSSR count). The Kier molecular flexibility index (Phi) is 3.74. The van der Waals surface area contributed by atoms with Crippen molar-refractivity contribution in [1.29, 1.82) is 0 Å². The van der Waals surface area contributed by atoms with Crippen molar-refractivity contribution in [2.75, 3.05) is 19.7 Å². The van der Waals surface area contributed by atoms with Gasteiger partial charge < -0.3 is 9.84 Å². The highest BCUT2D eigenvalue weighted by atomic mass is 32.1. The number of thiazole rings is 1. The maximum atomic E-state index is 10.7. The Morgan fingerprint density at radius 2 is 2.23 bits per heavy atom. The zero-order valence-electron chi connectivity index (χ0n) is 12.6. The van der Waals surface area contributed by atoms with Crippen LogP contribution in [0.4, 0.5) is 0 Å². The Bertz CT molecular complexity index is 672. The lowest BCUT2D eigenvalue weighted by Crippen LogP contribution is -2.46. The zero-order valence-corrected chi connectivity index (χ0v) is 13.4. The van der Waals surface area contributed by atoms with Crippen LogP contribution in [0.1, 0.15) is 34.0 Å². The van der Waals surface area contributed by atoms with Crippen molar-refractivity contribution in [2.24, 2.45) is 0 Å². The fraction of sp³-hybridized carbons (Fsp3) is 0.471. The first-order valence-electron chi connectivity index (χ1n) is 7.76. The summed E-state index contributed by atoms with van der Waals surface area (Å²) >= 11 is 1.66. The highest BCUT2D eigenvalue weighted by Crippen LogP contribution is 2.36. The minimum Gasteiger partial charge on any atom is -0.387 e. The molecule has 2 aliphatic rings. The van der Waals surface area contributed by atoms with Crippen LogP contribution < -0.4 is 0 Å². The van der Waals surface area contributed by atoms with E-state index in [-0.39, 0.29) is 12.1 Å². The molecule has 1 saturated heterocycles. The molecule has 0 bridgehead atoms. The molecule has 1 aromatic heterocycles. The molecule has 0 saturated carbocycles. The second kappa shape index (κ2) is 5.74. The van der Waals surface area contributed by atoms with Gasteiger partial charge in [0.1, 0.15) is 11.1 Å². The van der Waals surface area contributed by atoms with E-state index in [2.05, 4.69) is 21.3 Å². The van der Waals surface area contributed by atoms with E-state index in [1.165, 1.54) is 5.56 Å². The zero-order chi connectivity index (χ0) is 15.1. The molecule has 3 atom stereocenters. The molecule has 1 aliphatic carbocycles. The van der Waals surface area contributed by atoms with Crippen molar-refractivity contribution in [2.45, 2.75) is 31.6 Å². The number of aryl methyl sites for hydroxylation is 1. The molecule has 3 unspecified atom stereocenters. The van der Waals surface area contributed by atoms with Crippen molar-refractivity contribution in [3.8, 4) is 0 Å². The first-order valence-corrected chi connectivity index (χ1v) is 8.64. The Balaban J connectivity index is 1.52. The lowest BCUT2D eigenvalue weighted by atomic mass is 10.1. The lowest BCUT2D eigenvalue weighted by Gasteiger charge is -2.37. The summed E-state index contributed by atoms with van der Waals surface area (Å²) in [6.45, 7) is 4.39. The maximum Gasteiger partial charge on any atom is 0.123 e. The minimum absolute atomic E-state index is 0.0309. The fourth-order valence-electron chi connectivity index (χ4n) is 3.52. The number of benzene rings is 1. The van der Waals surface area contributed by atoms with E-state index in [9.17, 15) is 5.11 Å². The number of morpholine rings is 1. The van der Waals surface area contributed by atoms with Crippen LogP contribution in [0, 0.1) is 6.92 Å². The minimum atomic E-state index is -0.395. The van der Waals surface area contributed by atoms with Crippen molar-refractivity contribution in [1.82, 2.24) is 9.88 Å². The summed E-state index contributed by atoms with van der Waals surface area (Å²) in [7, 11) is 0. The monoisotopic (exact) mass is 316 g/mol. The van der Waals surface area contributed by atoms with Crippen LogP contribution in [0.25, 0.3) is 0 Å². The molecule has 2 aromatic rings. The van der Waals surface area contributed by atoms with E-state index < -0.39 is 6.10 Å². The van der Waals surface area contributed by atoms with Gasteiger partial charge >= 0.3 is 0 Å². The van der Waals surface area contributed by atoms with Crippen LogP contribution in [-0.2, 0) is 11.2 Å². The molecule has 5 heteroatoms. The van der Waals surface area contributed by atoms with E-state index >= 15 is 0 Å². The van der Waals surface area contributed by atoms with Crippen molar-refractivity contribution < 1.29 is 9.84 Å². The molecule has 0 radical (unpaired) electrons. The van der Waals surface area contributed by atoms with E-state index in [0.717, 1.165) is 35.8 Å². The number of aromatic nitrogens is 1. The lowest BCUT2D eigenvalue weighted by molar-refractivity contribution is -0.0634. The first-order chi connectivity index (χ1) is 10.7. The van der Waals surface area contributed by atoms with E-state index in [0.29, 0.717) is 6.61 Å². The molecule has 2 heterocycles. The molecule has 1 N–H and O–H groups in total. The quantitative estimate of drug-likeness (QED) is 0.924. The predicted octanol–water partition coefficient (Wildman–Crippen LogP) is 2.48. The van der Waals surface area contributed by atoms with Gasteiger partial charge in [-0.3, -0.25) is 4.90 Å². The molecule has 1 aliphatic heterocycles. The smallest absolute Gasteiger partial charge is 0.123 e.